The van der Waals surface area contributed by atoms with Crippen molar-refractivity contribution in [3.8, 4) is 5.69 Å². The van der Waals surface area contributed by atoms with Gasteiger partial charge in [0.1, 0.15) is 0 Å². The summed E-state index contributed by atoms with van der Waals surface area (Å²) in [6.45, 7) is 1.50. The minimum atomic E-state index is -0.159. The summed E-state index contributed by atoms with van der Waals surface area (Å²) in [5.41, 5.74) is 2.12. The molecule has 0 aliphatic rings. The summed E-state index contributed by atoms with van der Waals surface area (Å²) in [4.78, 5) is 27.8. The van der Waals surface area contributed by atoms with Crippen LogP contribution in [0, 0.1) is 0 Å². The summed E-state index contributed by atoms with van der Waals surface area (Å²) in [5.74, 6) is 0.0151. The fourth-order valence-electron chi connectivity index (χ4n) is 2.26. The molecule has 1 aromatic heterocycles. The first-order valence-corrected chi connectivity index (χ1v) is 8.66. The number of aromatic amines is 1. The van der Waals surface area contributed by atoms with E-state index in [0.717, 1.165) is 5.69 Å². The molecule has 0 unspecified atom stereocenters. The predicted molar refractivity (Wildman–Crippen MR) is 95.9 cm³/mol. The van der Waals surface area contributed by atoms with E-state index in [9.17, 15) is 9.59 Å². The van der Waals surface area contributed by atoms with Gasteiger partial charge in [0.2, 0.25) is 12.2 Å². The number of Topliss-reactive ketones (excluding diaryl/α,β-unsaturated/α-hetero) is 1. The molecule has 3 rings (SSSR count). The molecule has 1 amide bonds. The number of H-pyrrole nitrogens is 1. The van der Waals surface area contributed by atoms with Crippen LogP contribution in [0.25, 0.3) is 5.69 Å². The number of para-hydroxylation sites is 1. The van der Waals surface area contributed by atoms with Crippen LogP contribution in [-0.4, -0.2) is 27.5 Å². The Kier molecular flexibility index (Phi) is 5.25. The zero-order valence-corrected chi connectivity index (χ0v) is 14.4. The third kappa shape index (κ3) is 4.33. The van der Waals surface area contributed by atoms with Crippen molar-refractivity contribution < 1.29 is 14.3 Å². The summed E-state index contributed by atoms with van der Waals surface area (Å²) >= 11 is 1.33. The minimum absolute atomic E-state index is 0.0362. The zero-order valence-electron chi connectivity index (χ0n) is 13.6. The summed E-state index contributed by atoms with van der Waals surface area (Å²) in [6, 6.07) is 16.6. The van der Waals surface area contributed by atoms with E-state index in [1.165, 1.54) is 18.7 Å². The van der Waals surface area contributed by atoms with Gasteiger partial charge >= 0.3 is 5.16 Å². The highest BCUT2D eigenvalue weighted by Crippen LogP contribution is 2.15. The van der Waals surface area contributed by atoms with E-state index >= 15 is 0 Å². The lowest BCUT2D eigenvalue weighted by atomic mass is 10.1. The van der Waals surface area contributed by atoms with Crippen LogP contribution < -0.4 is 10.00 Å². The quantitative estimate of drug-likeness (QED) is 0.406. The Morgan fingerprint density at radius 2 is 1.96 bits per heavy atom. The highest BCUT2D eigenvalue weighted by molar-refractivity contribution is 7.99. The first-order chi connectivity index (χ1) is 12.1. The Bertz CT molecular complexity index is 893. The van der Waals surface area contributed by atoms with Gasteiger partial charge in [0.15, 0.2) is 11.5 Å². The Labute approximate surface area is 149 Å². The van der Waals surface area contributed by atoms with Crippen molar-refractivity contribution >= 4 is 29.1 Å². The molecule has 0 atom stereocenters. The molecule has 3 aromatic rings. The van der Waals surface area contributed by atoms with Crippen LogP contribution in [0.3, 0.4) is 0 Å². The maximum Gasteiger partial charge on any atom is 0.385 e. The van der Waals surface area contributed by atoms with Gasteiger partial charge in [0, 0.05) is 11.3 Å². The number of thioether (sulfide) groups is 1. The highest BCUT2D eigenvalue weighted by Gasteiger charge is 2.18. The van der Waals surface area contributed by atoms with Crippen LogP contribution in [0.2, 0.25) is 0 Å². The number of hydrogen-bond donors (Lipinski definition) is 2. The number of benzene rings is 2. The number of anilines is 1. The molecule has 0 aliphatic heterocycles. The van der Waals surface area contributed by atoms with Crippen molar-refractivity contribution in [2.45, 2.75) is 12.1 Å². The average Bonchev–Trinajstić information content (AvgIpc) is 3.09. The molecule has 0 fully saturated rings. The smallest absolute Gasteiger partial charge is 0.325 e. The van der Waals surface area contributed by atoms with Gasteiger partial charge in [-0.1, -0.05) is 30.3 Å². The van der Waals surface area contributed by atoms with Crippen molar-refractivity contribution in [2.75, 3.05) is 11.1 Å². The van der Waals surface area contributed by atoms with Gasteiger partial charge in [-0.05, 0) is 47.9 Å². The first kappa shape index (κ1) is 16.9. The number of amides is 1. The third-order valence-corrected chi connectivity index (χ3v) is 4.41. The first-order valence-electron chi connectivity index (χ1n) is 7.68. The Hall–Kier alpha value is -2.93. The SMILES string of the molecule is CC(=O)c1cccc(NC(=O)CSc2nc[nH][n+]2-c2ccccc2)c1. The maximum atomic E-state index is 12.2. The summed E-state index contributed by atoms with van der Waals surface area (Å²) in [7, 11) is 0. The maximum absolute atomic E-state index is 12.2. The van der Waals surface area contributed by atoms with Crippen LogP contribution >= 0.6 is 11.8 Å². The highest BCUT2D eigenvalue weighted by atomic mass is 32.2. The van der Waals surface area contributed by atoms with Gasteiger partial charge in [-0.3, -0.25) is 9.59 Å². The molecule has 126 valence electrons. The van der Waals surface area contributed by atoms with E-state index in [1.807, 2.05) is 35.0 Å². The molecule has 0 radical (unpaired) electrons. The molecule has 25 heavy (non-hydrogen) atoms. The lowest BCUT2D eigenvalue weighted by molar-refractivity contribution is -0.694. The van der Waals surface area contributed by atoms with Gasteiger partial charge in [-0.15, -0.1) is 4.68 Å². The Morgan fingerprint density at radius 3 is 2.72 bits per heavy atom. The van der Waals surface area contributed by atoms with Crippen molar-refractivity contribution in [3.05, 3.63) is 66.5 Å². The molecule has 6 nitrogen and oxygen atoms in total. The summed E-state index contributed by atoms with van der Waals surface area (Å²) < 4.78 is 1.81. The predicted octanol–water partition coefficient (Wildman–Crippen LogP) is 2.62. The van der Waals surface area contributed by atoms with Crippen molar-refractivity contribution in [1.82, 2.24) is 10.1 Å². The molecule has 0 saturated heterocycles. The topological polar surface area (TPSA) is 78.7 Å². The number of aromatic nitrogens is 3. The number of nitrogens with one attached hydrogen (secondary N) is 2. The van der Waals surface area contributed by atoms with Gasteiger partial charge in [-0.25, -0.2) is 0 Å². The van der Waals surface area contributed by atoms with Crippen LogP contribution in [0.4, 0.5) is 5.69 Å². The van der Waals surface area contributed by atoms with E-state index in [2.05, 4.69) is 15.4 Å². The number of ketones is 1. The molecular weight excluding hydrogens is 336 g/mol. The number of rotatable bonds is 6. The fraction of sp³-hybridized carbons (Fsp3) is 0.111. The second-order valence-corrected chi connectivity index (χ2v) is 6.26. The van der Waals surface area contributed by atoms with Gasteiger partial charge < -0.3 is 5.32 Å². The van der Waals surface area contributed by atoms with Crippen LogP contribution in [0.15, 0.2) is 66.1 Å². The molecule has 7 heteroatoms. The number of carbonyl (C=O) groups is 2. The van der Waals surface area contributed by atoms with E-state index < -0.39 is 0 Å². The standard InChI is InChI=1S/C18H16N4O2S/c1-13(23)14-6-5-7-15(10-14)21-17(24)11-25-18-19-12-20-22(18)16-8-3-2-4-9-16/h2-10,12H,11H2,1H3,(H,21,24)/p+1. The van der Waals surface area contributed by atoms with E-state index in [0.29, 0.717) is 16.4 Å². The van der Waals surface area contributed by atoms with Gasteiger partial charge in [0.05, 0.1) is 5.75 Å². The monoisotopic (exact) mass is 353 g/mol. The average molecular weight is 353 g/mol. The number of hydrogen-bond acceptors (Lipinski definition) is 4. The van der Waals surface area contributed by atoms with E-state index in [4.69, 9.17) is 0 Å². The van der Waals surface area contributed by atoms with Crippen LogP contribution in [0.1, 0.15) is 17.3 Å². The van der Waals surface area contributed by atoms with Gasteiger partial charge in [-0.2, -0.15) is 5.10 Å². The largest absolute Gasteiger partial charge is 0.385 e. The molecule has 2 N–H and O–H groups in total. The molecular formula is C18H17N4O2S+. The van der Waals surface area contributed by atoms with Crippen molar-refractivity contribution in [1.29, 1.82) is 0 Å². The van der Waals surface area contributed by atoms with E-state index in [1.54, 1.807) is 30.6 Å². The molecule has 0 saturated carbocycles. The lowest BCUT2D eigenvalue weighted by Crippen LogP contribution is -2.35. The van der Waals surface area contributed by atoms with Crippen molar-refractivity contribution in [2.24, 2.45) is 0 Å². The Balaban J connectivity index is 1.63. The normalized spacial score (nSPS) is 10.4. The molecule has 1 heterocycles. The second kappa shape index (κ2) is 7.76. The lowest BCUT2D eigenvalue weighted by Gasteiger charge is -2.05. The Morgan fingerprint density at radius 1 is 1.16 bits per heavy atom. The molecule has 2 aromatic carbocycles. The minimum Gasteiger partial charge on any atom is -0.325 e. The third-order valence-electron chi connectivity index (χ3n) is 3.45. The zero-order chi connectivity index (χ0) is 17.6. The number of nitrogens with zero attached hydrogens (tertiary/aromatic N) is 2. The van der Waals surface area contributed by atoms with Crippen LogP contribution in [0.5, 0.6) is 0 Å². The second-order valence-electron chi connectivity index (χ2n) is 5.31. The number of carbonyl (C=O) groups excluding carboxylic acids is 2. The molecule has 0 aliphatic carbocycles. The van der Waals surface area contributed by atoms with Crippen molar-refractivity contribution in [3.63, 3.8) is 0 Å². The van der Waals surface area contributed by atoms with Gasteiger partial charge in [0.25, 0.3) is 0 Å². The van der Waals surface area contributed by atoms with Crippen LogP contribution in [-0.2, 0) is 4.79 Å². The summed E-state index contributed by atoms with van der Waals surface area (Å²) in [6.07, 6.45) is 1.59. The molecule has 0 spiro atoms. The molecule has 0 bridgehead atoms. The summed E-state index contributed by atoms with van der Waals surface area (Å²) in [5, 5.41) is 6.52. The van der Waals surface area contributed by atoms with E-state index in [-0.39, 0.29) is 17.4 Å². The fourth-order valence-corrected chi connectivity index (χ4v) is 3.01.